The van der Waals surface area contributed by atoms with Gasteiger partial charge >= 0.3 is 0 Å². The van der Waals surface area contributed by atoms with Gasteiger partial charge in [0.2, 0.25) is 10.0 Å². The van der Waals surface area contributed by atoms with Crippen molar-refractivity contribution >= 4 is 10.0 Å². The quantitative estimate of drug-likeness (QED) is 0.876. The summed E-state index contributed by atoms with van der Waals surface area (Å²) >= 11 is 0. The molecule has 8 heteroatoms. The van der Waals surface area contributed by atoms with Crippen molar-refractivity contribution in [2.75, 3.05) is 19.6 Å². The minimum Gasteiger partial charge on any atom is -0.312 e. The smallest absolute Gasteiger partial charge is 0.243 e. The molecule has 1 saturated heterocycles. The van der Waals surface area contributed by atoms with Crippen molar-refractivity contribution in [3.8, 4) is 0 Å². The van der Waals surface area contributed by atoms with Gasteiger partial charge in [0.05, 0.1) is 11.4 Å². The monoisotopic (exact) mass is 375 g/mol. The minimum atomic E-state index is -3.42. The van der Waals surface area contributed by atoms with E-state index in [-0.39, 0.29) is 5.92 Å². The van der Waals surface area contributed by atoms with Gasteiger partial charge in [0.25, 0.3) is 0 Å². The van der Waals surface area contributed by atoms with Crippen molar-refractivity contribution in [3.05, 3.63) is 41.5 Å². The maximum absolute atomic E-state index is 13.0. The van der Waals surface area contributed by atoms with E-state index in [0.717, 1.165) is 56.1 Å². The highest BCUT2D eigenvalue weighted by atomic mass is 32.2. The summed E-state index contributed by atoms with van der Waals surface area (Å²) in [6.45, 7) is 5.67. The maximum Gasteiger partial charge on any atom is 0.243 e. The van der Waals surface area contributed by atoms with E-state index < -0.39 is 10.0 Å². The molecule has 0 unspecified atom stereocenters. The number of hydrogen-bond donors (Lipinski definition) is 1. The van der Waals surface area contributed by atoms with E-state index in [1.165, 1.54) is 0 Å². The summed E-state index contributed by atoms with van der Waals surface area (Å²) in [5.41, 5.74) is 1.05. The molecule has 140 valence electrons. The fraction of sp³-hybridized carbons (Fsp3) is 0.556. The van der Waals surface area contributed by atoms with Gasteiger partial charge in [-0.2, -0.15) is 4.31 Å². The van der Waals surface area contributed by atoms with E-state index >= 15 is 0 Å². The summed E-state index contributed by atoms with van der Waals surface area (Å²) in [5.74, 6) is 2.28. The van der Waals surface area contributed by atoms with Crippen LogP contribution in [0.4, 0.5) is 0 Å². The van der Waals surface area contributed by atoms with Crippen LogP contribution >= 0.6 is 0 Å². The van der Waals surface area contributed by atoms with Gasteiger partial charge in [0.1, 0.15) is 11.6 Å². The Labute approximate surface area is 154 Å². The Kier molecular flexibility index (Phi) is 4.81. The Morgan fingerprint density at radius 1 is 1.19 bits per heavy atom. The average Bonchev–Trinajstić information content (AvgIpc) is 3.12. The molecule has 0 saturated carbocycles. The van der Waals surface area contributed by atoms with Crippen LogP contribution in [0.25, 0.3) is 0 Å². The molecule has 2 aromatic rings. The van der Waals surface area contributed by atoms with Crippen LogP contribution in [-0.2, 0) is 29.5 Å². The SMILES string of the molecule is CCc1cccc(S(=O)(=O)N2CCC(c3nnc4n3CCNC4)CC2)c1. The molecule has 1 aromatic heterocycles. The summed E-state index contributed by atoms with van der Waals surface area (Å²) in [7, 11) is -3.42. The van der Waals surface area contributed by atoms with E-state index in [4.69, 9.17) is 0 Å². The van der Waals surface area contributed by atoms with Crippen LogP contribution in [0, 0.1) is 0 Å². The highest BCUT2D eigenvalue weighted by molar-refractivity contribution is 7.89. The zero-order valence-electron chi connectivity index (χ0n) is 15.1. The van der Waals surface area contributed by atoms with E-state index in [9.17, 15) is 8.42 Å². The predicted octanol–water partition coefficient (Wildman–Crippen LogP) is 1.51. The molecule has 0 spiro atoms. The van der Waals surface area contributed by atoms with Gasteiger partial charge in [0.15, 0.2) is 0 Å². The first-order chi connectivity index (χ1) is 12.6. The zero-order chi connectivity index (χ0) is 18.1. The maximum atomic E-state index is 13.0. The lowest BCUT2D eigenvalue weighted by Crippen LogP contribution is -2.38. The van der Waals surface area contributed by atoms with Gasteiger partial charge in [-0.25, -0.2) is 8.42 Å². The topological polar surface area (TPSA) is 80.1 Å². The number of nitrogens with one attached hydrogen (secondary N) is 1. The molecule has 1 fully saturated rings. The van der Waals surface area contributed by atoms with Crippen molar-refractivity contribution in [2.45, 2.75) is 50.1 Å². The summed E-state index contributed by atoms with van der Waals surface area (Å²) in [6.07, 6.45) is 2.41. The molecule has 3 heterocycles. The number of benzene rings is 1. The molecule has 2 aliphatic heterocycles. The summed E-state index contributed by atoms with van der Waals surface area (Å²) in [4.78, 5) is 0.404. The summed E-state index contributed by atoms with van der Waals surface area (Å²) in [6, 6.07) is 7.29. The lowest BCUT2D eigenvalue weighted by atomic mass is 9.97. The van der Waals surface area contributed by atoms with Crippen LogP contribution in [0.1, 0.15) is 42.9 Å². The lowest BCUT2D eigenvalue weighted by Gasteiger charge is -2.31. The fourth-order valence-corrected chi connectivity index (χ4v) is 5.39. The molecule has 0 amide bonds. The molecular weight excluding hydrogens is 350 g/mol. The normalized spacial score (nSPS) is 19.4. The third kappa shape index (κ3) is 3.17. The number of aryl methyl sites for hydroxylation is 1. The Morgan fingerprint density at radius 2 is 2.00 bits per heavy atom. The highest BCUT2D eigenvalue weighted by Gasteiger charge is 2.32. The first kappa shape index (κ1) is 17.6. The van der Waals surface area contributed by atoms with Crippen LogP contribution in [0.5, 0.6) is 0 Å². The number of sulfonamides is 1. The molecule has 2 aliphatic rings. The molecule has 0 radical (unpaired) electrons. The number of piperidine rings is 1. The van der Waals surface area contributed by atoms with Crippen LogP contribution < -0.4 is 5.32 Å². The van der Waals surface area contributed by atoms with Gasteiger partial charge in [-0.3, -0.25) is 0 Å². The summed E-state index contributed by atoms with van der Waals surface area (Å²) < 4.78 is 29.8. The average molecular weight is 375 g/mol. The van der Waals surface area contributed by atoms with Crippen molar-refractivity contribution in [3.63, 3.8) is 0 Å². The molecule has 0 atom stereocenters. The number of nitrogens with zero attached hydrogens (tertiary/aromatic N) is 4. The van der Waals surface area contributed by atoms with E-state index in [0.29, 0.717) is 18.0 Å². The van der Waals surface area contributed by atoms with Gasteiger partial charge in [-0.05, 0) is 37.0 Å². The summed E-state index contributed by atoms with van der Waals surface area (Å²) in [5, 5.41) is 12.0. The third-order valence-corrected chi connectivity index (χ3v) is 7.31. The van der Waals surface area contributed by atoms with Crippen LogP contribution in [0.15, 0.2) is 29.2 Å². The Bertz CT molecular complexity index is 885. The number of aromatic nitrogens is 3. The molecule has 26 heavy (non-hydrogen) atoms. The van der Waals surface area contributed by atoms with Gasteiger partial charge in [-0.15, -0.1) is 10.2 Å². The largest absolute Gasteiger partial charge is 0.312 e. The number of fused-ring (bicyclic) bond motifs is 1. The number of hydrogen-bond acceptors (Lipinski definition) is 5. The number of rotatable bonds is 4. The van der Waals surface area contributed by atoms with E-state index in [1.807, 2.05) is 19.1 Å². The standard InChI is InChI=1S/C18H25N5O2S/c1-2-14-4-3-5-16(12-14)26(24,25)22-9-6-15(7-10-22)18-21-20-17-13-19-8-11-23(17)18/h3-5,12,15,19H,2,6-11,13H2,1H3. The van der Waals surface area contributed by atoms with Crippen molar-refractivity contribution in [1.29, 1.82) is 0 Å². The van der Waals surface area contributed by atoms with Gasteiger partial charge in [-0.1, -0.05) is 19.1 Å². The van der Waals surface area contributed by atoms with Crippen molar-refractivity contribution < 1.29 is 8.42 Å². The molecular formula is C18H25N5O2S. The van der Waals surface area contributed by atoms with Gasteiger partial charge < -0.3 is 9.88 Å². The second-order valence-electron chi connectivity index (χ2n) is 6.98. The molecule has 4 rings (SSSR count). The minimum absolute atomic E-state index is 0.280. The fourth-order valence-electron chi connectivity index (χ4n) is 3.85. The first-order valence-electron chi connectivity index (χ1n) is 9.31. The Morgan fingerprint density at radius 3 is 2.77 bits per heavy atom. The van der Waals surface area contributed by atoms with Crippen LogP contribution in [0.3, 0.4) is 0 Å². The molecule has 0 bridgehead atoms. The zero-order valence-corrected chi connectivity index (χ0v) is 15.9. The second-order valence-corrected chi connectivity index (χ2v) is 8.92. The van der Waals surface area contributed by atoms with E-state index in [1.54, 1.807) is 16.4 Å². The van der Waals surface area contributed by atoms with Crippen molar-refractivity contribution in [2.24, 2.45) is 0 Å². The Hall–Kier alpha value is -1.77. The third-order valence-electron chi connectivity index (χ3n) is 5.41. The molecule has 1 aromatic carbocycles. The van der Waals surface area contributed by atoms with Crippen molar-refractivity contribution in [1.82, 2.24) is 24.4 Å². The molecule has 1 N–H and O–H groups in total. The van der Waals surface area contributed by atoms with Crippen LogP contribution in [0.2, 0.25) is 0 Å². The van der Waals surface area contributed by atoms with Gasteiger partial charge in [0, 0.05) is 32.1 Å². The molecule has 7 nitrogen and oxygen atoms in total. The van der Waals surface area contributed by atoms with E-state index in [2.05, 4.69) is 20.1 Å². The Balaban J connectivity index is 1.48. The highest BCUT2D eigenvalue weighted by Crippen LogP contribution is 2.30. The van der Waals surface area contributed by atoms with Crippen LogP contribution in [-0.4, -0.2) is 47.1 Å². The first-order valence-corrected chi connectivity index (χ1v) is 10.8. The predicted molar refractivity (Wildman–Crippen MR) is 98.3 cm³/mol. The second kappa shape index (κ2) is 7.09. The lowest BCUT2D eigenvalue weighted by molar-refractivity contribution is 0.307. The molecule has 0 aliphatic carbocycles.